The third-order valence-corrected chi connectivity index (χ3v) is 4.58. The van der Waals surface area contributed by atoms with Gasteiger partial charge in [-0.3, -0.25) is 0 Å². The van der Waals surface area contributed by atoms with Gasteiger partial charge in [-0.05, 0) is 50.5 Å². The predicted octanol–water partition coefficient (Wildman–Crippen LogP) is 2.17. The molecule has 3 nitrogen and oxygen atoms in total. The van der Waals surface area contributed by atoms with Gasteiger partial charge in [-0.25, -0.2) is 0 Å². The van der Waals surface area contributed by atoms with Gasteiger partial charge in [-0.2, -0.15) is 0 Å². The minimum absolute atomic E-state index is 0.540. The molecule has 2 aliphatic rings. The number of rotatable bonds is 7. The summed E-state index contributed by atoms with van der Waals surface area (Å²) in [5.74, 6) is 0.989. The summed E-state index contributed by atoms with van der Waals surface area (Å²) in [6, 6.07) is 1.12. The summed E-state index contributed by atoms with van der Waals surface area (Å²) >= 11 is 0. The first kappa shape index (κ1) is 14.3. The fourth-order valence-corrected chi connectivity index (χ4v) is 2.99. The van der Waals surface area contributed by atoms with Crippen LogP contribution >= 0.6 is 0 Å². The fraction of sp³-hybridized carbons (Fsp3) is 1.00. The number of morpholine rings is 1. The Hall–Kier alpha value is -0.120. The molecule has 2 atom stereocenters. The largest absolute Gasteiger partial charge is 0.379 e. The van der Waals surface area contributed by atoms with Crippen molar-refractivity contribution < 1.29 is 4.74 Å². The van der Waals surface area contributed by atoms with E-state index in [0.717, 1.165) is 32.2 Å². The molecule has 1 heterocycles. The Kier molecular flexibility index (Phi) is 5.05. The van der Waals surface area contributed by atoms with Crippen LogP contribution in [0, 0.1) is 11.3 Å². The Balaban J connectivity index is 1.57. The zero-order valence-electron chi connectivity index (χ0n) is 12.3. The highest BCUT2D eigenvalue weighted by atomic mass is 16.5. The summed E-state index contributed by atoms with van der Waals surface area (Å²) in [5, 5.41) is 7.19. The zero-order valence-corrected chi connectivity index (χ0v) is 12.3. The molecule has 2 unspecified atom stereocenters. The number of hydrogen-bond donors (Lipinski definition) is 2. The fourth-order valence-electron chi connectivity index (χ4n) is 2.99. The summed E-state index contributed by atoms with van der Waals surface area (Å²) in [7, 11) is 0. The number of hydrogen-bond acceptors (Lipinski definition) is 3. The first-order chi connectivity index (χ1) is 8.58. The van der Waals surface area contributed by atoms with Gasteiger partial charge in [-0.15, -0.1) is 0 Å². The second kappa shape index (κ2) is 6.36. The summed E-state index contributed by atoms with van der Waals surface area (Å²) in [6.07, 6.45) is 5.37. The van der Waals surface area contributed by atoms with Crippen LogP contribution in [0.3, 0.4) is 0 Å². The van der Waals surface area contributed by atoms with Gasteiger partial charge in [0.2, 0.25) is 0 Å². The molecule has 0 aromatic carbocycles. The van der Waals surface area contributed by atoms with E-state index >= 15 is 0 Å². The molecule has 2 N–H and O–H groups in total. The van der Waals surface area contributed by atoms with Crippen molar-refractivity contribution in [2.45, 2.75) is 58.5 Å². The molecule has 0 amide bonds. The van der Waals surface area contributed by atoms with Crippen LogP contribution in [0.4, 0.5) is 0 Å². The minimum Gasteiger partial charge on any atom is -0.379 e. The maximum Gasteiger partial charge on any atom is 0.0620 e. The van der Waals surface area contributed by atoms with Crippen molar-refractivity contribution >= 4 is 0 Å². The second-order valence-electron chi connectivity index (χ2n) is 6.83. The maximum absolute atomic E-state index is 5.49. The molecule has 0 aromatic heterocycles. The van der Waals surface area contributed by atoms with Crippen LogP contribution in [0.1, 0.15) is 46.5 Å². The van der Waals surface area contributed by atoms with E-state index in [-0.39, 0.29) is 0 Å². The highest BCUT2D eigenvalue weighted by molar-refractivity contribution is 4.88. The first-order valence-corrected chi connectivity index (χ1v) is 7.62. The monoisotopic (exact) mass is 254 g/mol. The Bertz CT molecular complexity index is 245. The molecule has 18 heavy (non-hydrogen) atoms. The molecule has 1 aliphatic heterocycles. The van der Waals surface area contributed by atoms with Gasteiger partial charge in [0.25, 0.3) is 0 Å². The van der Waals surface area contributed by atoms with Crippen LogP contribution in [-0.2, 0) is 4.74 Å². The lowest BCUT2D eigenvalue weighted by Crippen LogP contribution is -2.45. The van der Waals surface area contributed by atoms with Gasteiger partial charge < -0.3 is 15.4 Å². The third kappa shape index (κ3) is 4.52. The number of nitrogens with one attached hydrogen (secondary N) is 2. The highest BCUT2D eigenvalue weighted by Gasteiger charge is 2.36. The van der Waals surface area contributed by atoms with E-state index in [0.29, 0.717) is 17.5 Å². The molecule has 2 rings (SSSR count). The zero-order chi connectivity index (χ0) is 13.0. The van der Waals surface area contributed by atoms with Gasteiger partial charge >= 0.3 is 0 Å². The molecule has 1 saturated heterocycles. The van der Waals surface area contributed by atoms with Gasteiger partial charge in [-0.1, -0.05) is 13.8 Å². The van der Waals surface area contributed by atoms with Crippen LogP contribution in [0.5, 0.6) is 0 Å². The SMILES string of the molecule is CC(CC1COCCN1)NCCC(C)(C)C1CC1. The standard InChI is InChI=1S/C15H30N2O/c1-12(10-14-11-18-9-8-17-14)16-7-6-15(2,3)13-4-5-13/h12-14,16-17H,4-11H2,1-3H3. The second-order valence-corrected chi connectivity index (χ2v) is 6.83. The molecule has 1 saturated carbocycles. The Labute approximate surface area is 112 Å². The highest BCUT2D eigenvalue weighted by Crippen LogP contribution is 2.46. The van der Waals surface area contributed by atoms with E-state index in [1.54, 1.807) is 0 Å². The summed E-state index contributed by atoms with van der Waals surface area (Å²) in [4.78, 5) is 0. The molecular formula is C15H30N2O. The van der Waals surface area contributed by atoms with Crippen LogP contribution in [0.25, 0.3) is 0 Å². The van der Waals surface area contributed by atoms with Crippen LogP contribution < -0.4 is 10.6 Å². The van der Waals surface area contributed by atoms with Gasteiger partial charge in [0.05, 0.1) is 13.2 Å². The molecule has 3 heteroatoms. The smallest absolute Gasteiger partial charge is 0.0620 e. The van der Waals surface area contributed by atoms with Crippen LogP contribution in [0.2, 0.25) is 0 Å². The van der Waals surface area contributed by atoms with Gasteiger partial charge in [0, 0.05) is 18.6 Å². The Morgan fingerprint density at radius 2 is 2.17 bits per heavy atom. The molecule has 0 spiro atoms. The van der Waals surface area contributed by atoms with Crippen molar-refractivity contribution in [3.8, 4) is 0 Å². The molecule has 106 valence electrons. The van der Waals surface area contributed by atoms with Crippen LogP contribution in [-0.4, -0.2) is 38.4 Å². The summed E-state index contributed by atoms with van der Waals surface area (Å²) < 4.78 is 5.49. The summed E-state index contributed by atoms with van der Waals surface area (Å²) in [5.41, 5.74) is 0.541. The lowest BCUT2D eigenvalue weighted by Gasteiger charge is -2.28. The van der Waals surface area contributed by atoms with Crippen molar-refractivity contribution in [1.29, 1.82) is 0 Å². The van der Waals surface area contributed by atoms with Crippen molar-refractivity contribution in [1.82, 2.24) is 10.6 Å². The third-order valence-electron chi connectivity index (χ3n) is 4.58. The van der Waals surface area contributed by atoms with Crippen molar-refractivity contribution in [3.63, 3.8) is 0 Å². The summed E-state index contributed by atoms with van der Waals surface area (Å²) in [6.45, 7) is 11.0. The maximum atomic E-state index is 5.49. The van der Waals surface area contributed by atoms with E-state index in [2.05, 4.69) is 31.4 Å². The van der Waals surface area contributed by atoms with E-state index in [1.807, 2.05) is 0 Å². The lowest BCUT2D eigenvalue weighted by atomic mass is 9.84. The van der Waals surface area contributed by atoms with E-state index in [9.17, 15) is 0 Å². The number of ether oxygens (including phenoxy) is 1. The first-order valence-electron chi connectivity index (χ1n) is 7.62. The van der Waals surface area contributed by atoms with E-state index < -0.39 is 0 Å². The topological polar surface area (TPSA) is 33.3 Å². The van der Waals surface area contributed by atoms with Crippen molar-refractivity contribution in [3.05, 3.63) is 0 Å². The lowest BCUT2D eigenvalue weighted by molar-refractivity contribution is 0.0711. The van der Waals surface area contributed by atoms with Gasteiger partial charge in [0.1, 0.15) is 0 Å². The Morgan fingerprint density at radius 1 is 1.39 bits per heavy atom. The molecule has 0 aromatic rings. The average Bonchev–Trinajstić information content (AvgIpc) is 3.14. The minimum atomic E-state index is 0.540. The molecular weight excluding hydrogens is 224 g/mol. The van der Waals surface area contributed by atoms with E-state index in [1.165, 1.54) is 25.7 Å². The van der Waals surface area contributed by atoms with Crippen molar-refractivity contribution in [2.75, 3.05) is 26.3 Å². The molecule has 1 aliphatic carbocycles. The van der Waals surface area contributed by atoms with Crippen LogP contribution in [0.15, 0.2) is 0 Å². The normalized spacial score (nSPS) is 27.2. The quantitative estimate of drug-likeness (QED) is 0.730. The van der Waals surface area contributed by atoms with E-state index in [4.69, 9.17) is 4.74 Å². The average molecular weight is 254 g/mol. The molecule has 0 bridgehead atoms. The predicted molar refractivity (Wildman–Crippen MR) is 75.8 cm³/mol. The van der Waals surface area contributed by atoms with Crippen molar-refractivity contribution in [2.24, 2.45) is 11.3 Å². The van der Waals surface area contributed by atoms with Gasteiger partial charge in [0.15, 0.2) is 0 Å². The Morgan fingerprint density at radius 3 is 2.78 bits per heavy atom. The molecule has 0 radical (unpaired) electrons. The molecule has 2 fully saturated rings.